The largest absolute Gasteiger partial charge is 0.399 e. The van der Waals surface area contributed by atoms with Crippen LogP contribution in [0.4, 0.5) is 5.69 Å². The second-order valence-electron chi connectivity index (χ2n) is 6.31. The van der Waals surface area contributed by atoms with Crippen LogP contribution in [0.2, 0.25) is 0 Å². The van der Waals surface area contributed by atoms with Gasteiger partial charge in [0.1, 0.15) is 5.82 Å². The SMILES string of the molecule is CC(C)(C)c1nc2cc(N)ccc2n1CCc1cscn1. The zero-order valence-electron chi connectivity index (χ0n) is 12.6. The van der Waals surface area contributed by atoms with Crippen LogP contribution in [0.1, 0.15) is 32.3 Å². The van der Waals surface area contributed by atoms with Gasteiger partial charge in [0.05, 0.1) is 22.2 Å². The number of nitrogens with two attached hydrogens (primary N) is 1. The molecule has 5 heteroatoms. The van der Waals surface area contributed by atoms with Gasteiger partial charge in [0.2, 0.25) is 0 Å². The lowest BCUT2D eigenvalue weighted by Crippen LogP contribution is -2.19. The summed E-state index contributed by atoms with van der Waals surface area (Å²) in [6.45, 7) is 7.46. The summed E-state index contributed by atoms with van der Waals surface area (Å²) in [5, 5.41) is 2.11. The van der Waals surface area contributed by atoms with Gasteiger partial charge in [-0.15, -0.1) is 11.3 Å². The Kier molecular flexibility index (Phi) is 3.45. The van der Waals surface area contributed by atoms with E-state index in [1.54, 1.807) is 11.3 Å². The van der Waals surface area contributed by atoms with Crippen LogP contribution in [-0.2, 0) is 18.4 Å². The molecule has 0 aliphatic heterocycles. The fourth-order valence-corrected chi connectivity index (χ4v) is 3.13. The van der Waals surface area contributed by atoms with Crippen LogP contribution in [0, 0.1) is 0 Å². The Bertz CT molecular complexity index is 751. The topological polar surface area (TPSA) is 56.7 Å². The molecule has 0 unspecified atom stereocenters. The molecule has 0 radical (unpaired) electrons. The zero-order valence-corrected chi connectivity index (χ0v) is 13.4. The minimum absolute atomic E-state index is 0.00411. The Labute approximate surface area is 128 Å². The van der Waals surface area contributed by atoms with Crippen LogP contribution in [0.25, 0.3) is 11.0 Å². The van der Waals surface area contributed by atoms with Crippen molar-refractivity contribution in [3.63, 3.8) is 0 Å². The van der Waals surface area contributed by atoms with Crippen molar-refractivity contribution in [2.24, 2.45) is 0 Å². The quantitative estimate of drug-likeness (QED) is 0.752. The van der Waals surface area contributed by atoms with Gasteiger partial charge in [0.15, 0.2) is 0 Å². The van der Waals surface area contributed by atoms with Crippen molar-refractivity contribution in [2.75, 3.05) is 5.73 Å². The van der Waals surface area contributed by atoms with E-state index in [1.165, 1.54) is 0 Å². The first-order chi connectivity index (χ1) is 9.95. The van der Waals surface area contributed by atoms with Gasteiger partial charge in [-0.25, -0.2) is 9.97 Å². The van der Waals surface area contributed by atoms with Gasteiger partial charge in [0, 0.05) is 29.4 Å². The number of hydrogen-bond acceptors (Lipinski definition) is 4. The van der Waals surface area contributed by atoms with Crippen molar-refractivity contribution in [2.45, 2.75) is 39.2 Å². The van der Waals surface area contributed by atoms with Gasteiger partial charge >= 0.3 is 0 Å². The number of imidazole rings is 1. The van der Waals surface area contributed by atoms with Gasteiger partial charge in [-0.2, -0.15) is 0 Å². The lowest BCUT2D eigenvalue weighted by molar-refractivity contribution is 0.503. The van der Waals surface area contributed by atoms with Crippen molar-refractivity contribution in [3.8, 4) is 0 Å². The fraction of sp³-hybridized carbons (Fsp3) is 0.375. The van der Waals surface area contributed by atoms with Gasteiger partial charge in [-0.3, -0.25) is 0 Å². The molecular formula is C16H20N4S. The van der Waals surface area contributed by atoms with E-state index in [0.29, 0.717) is 0 Å². The number of nitrogens with zero attached hydrogens (tertiary/aromatic N) is 3. The molecule has 0 amide bonds. The maximum atomic E-state index is 5.89. The van der Waals surface area contributed by atoms with E-state index in [2.05, 4.69) is 41.8 Å². The monoisotopic (exact) mass is 300 g/mol. The first-order valence-corrected chi connectivity index (χ1v) is 8.03. The fourth-order valence-electron chi connectivity index (χ4n) is 2.53. The van der Waals surface area contributed by atoms with Crippen LogP contribution >= 0.6 is 11.3 Å². The number of thiazole rings is 1. The van der Waals surface area contributed by atoms with Crippen LogP contribution in [0.5, 0.6) is 0 Å². The Morgan fingerprint density at radius 2 is 2.10 bits per heavy atom. The molecule has 0 aliphatic carbocycles. The van der Waals surface area contributed by atoms with Crippen molar-refractivity contribution in [1.29, 1.82) is 0 Å². The average molecular weight is 300 g/mol. The zero-order chi connectivity index (χ0) is 15.0. The highest BCUT2D eigenvalue weighted by atomic mass is 32.1. The molecule has 0 bridgehead atoms. The standard InChI is InChI=1S/C16H20N4S/c1-16(2,3)15-19-13-8-11(17)4-5-14(13)20(15)7-6-12-9-21-10-18-12/h4-5,8-10H,6-7,17H2,1-3H3. The molecule has 0 saturated heterocycles. The van der Waals surface area contributed by atoms with E-state index < -0.39 is 0 Å². The molecule has 1 aromatic carbocycles. The van der Waals surface area contributed by atoms with E-state index in [1.807, 2.05) is 17.6 Å². The van der Waals surface area contributed by atoms with E-state index >= 15 is 0 Å². The lowest BCUT2D eigenvalue weighted by Gasteiger charge is -2.20. The molecule has 2 heterocycles. The highest BCUT2D eigenvalue weighted by molar-refractivity contribution is 7.07. The number of rotatable bonds is 3. The molecule has 2 N–H and O–H groups in total. The van der Waals surface area contributed by atoms with Gasteiger partial charge in [-0.05, 0) is 18.2 Å². The molecule has 3 aromatic rings. The summed E-state index contributed by atoms with van der Waals surface area (Å²) in [6, 6.07) is 5.95. The summed E-state index contributed by atoms with van der Waals surface area (Å²) in [5.41, 5.74) is 11.8. The lowest BCUT2D eigenvalue weighted by atomic mass is 9.95. The van der Waals surface area contributed by atoms with Gasteiger partial charge in [-0.1, -0.05) is 20.8 Å². The molecule has 0 saturated carbocycles. The van der Waals surface area contributed by atoms with Crippen LogP contribution < -0.4 is 5.73 Å². The van der Waals surface area contributed by atoms with Crippen molar-refractivity contribution in [3.05, 3.63) is 40.6 Å². The second-order valence-corrected chi connectivity index (χ2v) is 7.03. The van der Waals surface area contributed by atoms with Crippen LogP contribution in [0.15, 0.2) is 29.1 Å². The Balaban J connectivity index is 2.05. The summed E-state index contributed by atoms with van der Waals surface area (Å²) in [7, 11) is 0. The number of aryl methyl sites for hydroxylation is 2. The Morgan fingerprint density at radius 3 is 2.76 bits per heavy atom. The summed E-state index contributed by atoms with van der Waals surface area (Å²) in [5.74, 6) is 1.10. The molecule has 0 atom stereocenters. The minimum atomic E-state index is -0.00411. The molecule has 2 aromatic heterocycles. The molecule has 0 spiro atoms. The highest BCUT2D eigenvalue weighted by Gasteiger charge is 2.22. The van der Waals surface area contributed by atoms with E-state index in [4.69, 9.17) is 10.7 Å². The second kappa shape index (κ2) is 5.15. The number of anilines is 1. The number of hydrogen-bond donors (Lipinski definition) is 1. The predicted molar refractivity (Wildman–Crippen MR) is 88.7 cm³/mol. The maximum Gasteiger partial charge on any atom is 0.115 e. The summed E-state index contributed by atoms with van der Waals surface area (Å²) in [4.78, 5) is 9.18. The number of aromatic nitrogens is 3. The van der Waals surface area contributed by atoms with E-state index in [9.17, 15) is 0 Å². The third kappa shape index (κ3) is 2.78. The first kappa shape index (κ1) is 14.1. The average Bonchev–Trinajstić information content (AvgIpc) is 3.01. The summed E-state index contributed by atoms with van der Waals surface area (Å²) >= 11 is 1.64. The van der Waals surface area contributed by atoms with Gasteiger partial charge < -0.3 is 10.3 Å². The van der Waals surface area contributed by atoms with Crippen LogP contribution in [0.3, 0.4) is 0 Å². The smallest absolute Gasteiger partial charge is 0.115 e. The summed E-state index contributed by atoms with van der Waals surface area (Å²) < 4.78 is 2.30. The summed E-state index contributed by atoms with van der Waals surface area (Å²) in [6.07, 6.45) is 0.919. The molecule has 0 fully saturated rings. The predicted octanol–water partition coefficient (Wildman–Crippen LogP) is 3.62. The van der Waals surface area contributed by atoms with Crippen molar-refractivity contribution in [1.82, 2.24) is 14.5 Å². The Morgan fingerprint density at radius 1 is 1.29 bits per heavy atom. The molecule has 0 aliphatic rings. The molecular weight excluding hydrogens is 280 g/mol. The van der Waals surface area contributed by atoms with E-state index in [0.717, 1.165) is 41.2 Å². The van der Waals surface area contributed by atoms with Crippen LogP contribution in [-0.4, -0.2) is 14.5 Å². The Hall–Kier alpha value is -1.88. The van der Waals surface area contributed by atoms with Crippen molar-refractivity contribution < 1.29 is 0 Å². The molecule has 3 rings (SSSR count). The number of fused-ring (bicyclic) bond motifs is 1. The highest BCUT2D eigenvalue weighted by Crippen LogP contribution is 2.27. The minimum Gasteiger partial charge on any atom is -0.399 e. The normalized spacial score (nSPS) is 12.1. The van der Waals surface area contributed by atoms with Gasteiger partial charge in [0.25, 0.3) is 0 Å². The number of nitrogen functional groups attached to an aromatic ring is 1. The third-order valence-corrected chi connectivity index (χ3v) is 4.15. The first-order valence-electron chi connectivity index (χ1n) is 7.08. The molecule has 21 heavy (non-hydrogen) atoms. The van der Waals surface area contributed by atoms with E-state index in [-0.39, 0.29) is 5.41 Å². The molecule has 4 nitrogen and oxygen atoms in total. The number of benzene rings is 1. The molecule has 110 valence electrons. The van der Waals surface area contributed by atoms with Crippen molar-refractivity contribution >= 4 is 28.1 Å². The third-order valence-electron chi connectivity index (χ3n) is 3.52. The maximum absolute atomic E-state index is 5.89.